The van der Waals surface area contributed by atoms with Gasteiger partial charge in [0.25, 0.3) is 0 Å². The van der Waals surface area contributed by atoms with Crippen LogP contribution in [0.1, 0.15) is 30.1 Å². The van der Waals surface area contributed by atoms with Gasteiger partial charge in [-0.1, -0.05) is 0 Å². The molecule has 0 unspecified atom stereocenters. The summed E-state index contributed by atoms with van der Waals surface area (Å²) in [6.07, 6.45) is 7.09. The van der Waals surface area contributed by atoms with E-state index >= 15 is 0 Å². The summed E-state index contributed by atoms with van der Waals surface area (Å²) in [7, 11) is 2.08. The second-order valence-electron chi connectivity index (χ2n) is 5.21. The number of halogens is 1. The maximum Gasteiger partial charge on any atom is 0.135 e. The van der Waals surface area contributed by atoms with Crippen LogP contribution < -0.4 is 4.90 Å². The van der Waals surface area contributed by atoms with Crippen molar-refractivity contribution >= 4 is 21.7 Å². The predicted octanol–water partition coefficient (Wildman–Crippen LogP) is 3.19. The second-order valence-corrected chi connectivity index (χ2v) is 6.02. The lowest BCUT2D eigenvalue weighted by Crippen LogP contribution is -2.22. The fourth-order valence-electron chi connectivity index (χ4n) is 2.10. The highest BCUT2D eigenvalue weighted by Gasteiger charge is 2.27. The van der Waals surface area contributed by atoms with Gasteiger partial charge in [-0.05, 0) is 52.9 Å². The smallest absolute Gasteiger partial charge is 0.135 e. The maximum atomic E-state index is 4.68. The highest BCUT2D eigenvalue weighted by molar-refractivity contribution is 9.10. The SMILES string of the molecule is CN(CCc1ccncc1)c1cc(Br)nc(C2CC2)n1. The van der Waals surface area contributed by atoms with Crippen LogP contribution in [0.3, 0.4) is 0 Å². The Labute approximate surface area is 127 Å². The lowest BCUT2D eigenvalue weighted by Gasteiger charge is -2.19. The summed E-state index contributed by atoms with van der Waals surface area (Å²) in [5, 5.41) is 0. The van der Waals surface area contributed by atoms with Crippen LogP contribution in [0, 0.1) is 0 Å². The number of hydrogen-bond donors (Lipinski definition) is 0. The topological polar surface area (TPSA) is 41.9 Å². The first-order valence-corrected chi connectivity index (χ1v) is 7.66. The summed E-state index contributed by atoms with van der Waals surface area (Å²) in [6.45, 7) is 0.928. The molecule has 1 fully saturated rings. The Morgan fingerprint density at radius 2 is 2.00 bits per heavy atom. The molecule has 2 heterocycles. The highest BCUT2D eigenvalue weighted by atomic mass is 79.9. The van der Waals surface area contributed by atoms with E-state index < -0.39 is 0 Å². The average Bonchev–Trinajstić information content (AvgIpc) is 3.30. The molecular formula is C15H17BrN4. The van der Waals surface area contributed by atoms with Crippen LogP contribution >= 0.6 is 15.9 Å². The van der Waals surface area contributed by atoms with Crippen molar-refractivity contribution in [2.24, 2.45) is 0 Å². The minimum Gasteiger partial charge on any atom is -0.359 e. The highest BCUT2D eigenvalue weighted by Crippen LogP contribution is 2.39. The molecule has 0 bridgehead atoms. The van der Waals surface area contributed by atoms with Gasteiger partial charge in [0.05, 0.1) is 0 Å². The van der Waals surface area contributed by atoms with Gasteiger partial charge >= 0.3 is 0 Å². The van der Waals surface area contributed by atoms with Gasteiger partial charge in [-0.25, -0.2) is 9.97 Å². The van der Waals surface area contributed by atoms with Crippen LogP contribution in [0.4, 0.5) is 5.82 Å². The molecule has 3 rings (SSSR count). The molecule has 1 saturated carbocycles. The fourth-order valence-corrected chi connectivity index (χ4v) is 2.49. The first-order valence-electron chi connectivity index (χ1n) is 6.87. The minimum absolute atomic E-state index is 0.569. The van der Waals surface area contributed by atoms with Gasteiger partial charge in [-0.15, -0.1) is 0 Å². The molecule has 4 nitrogen and oxygen atoms in total. The van der Waals surface area contributed by atoms with Gasteiger partial charge in [-0.2, -0.15) is 0 Å². The van der Waals surface area contributed by atoms with Crippen LogP contribution in [-0.4, -0.2) is 28.5 Å². The first-order chi connectivity index (χ1) is 9.72. The molecule has 0 saturated heterocycles. The van der Waals surface area contributed by atoms with Crippen molar-refractivity contribution < 1.29 is 0 Å². The summed E-state index contributed by atoms with van der Waals surface area (Å²) in [6, 6.07) is 6.09. The maximum absolute atomic E-state index is 4.68. The Bertz CT molecular complexity index is 584. The number of likely N-dealkylation sites (N-methyl/N-ethyl adjacent to an activating group) is 1. The molecule has 0 aliphatic heterocycles. The number of aromatic nitrogens is 3. The summed E-state index contributed by atoms with van der Waals surface area (Å²) in [5.74, 6) is 2.54. The van der Waals surface area contributed by atoms with Crippen molar-refractivity contribution in [3.05, 3.63) is 46.6 Å². The Kier molecular flexibility index (Phi) is 3.96. The van der Waals surface area contributed by atoms with E-state index in [4.69, 9.17) is 0 Å². The molecule has 5 heteroatoms. The Hall–Kier alpha value is -1.49. The van der Waals surface area contributed by atoms with E-state index in [9.17, 15) is 0 Å². The molecule has 1 aliphatic rings. The Morgan fingerprint density at radius 3 is 2.70 bits per heavy atom. The van der Waals surface area contributed by atoms with Crippen molar-refractivity contribution in [1.29, 1.82) is 0 Å². The standard InChI is InChI=1S/C15H17BrN4/c1-20(9-6-11-4-7-17-8-5-11)14-10-13(16)18-15(19-14)12-2-3-12/h4-5,7-8,10,12H,2-3,6,9H2,1H3. The lowest BCUT2D eigenvalue weighted by molar-refractivity contribution is 0.829. The molecule has 1 aliphatic carbocycles. The van der Waals surface area contributed by atoms with Gasteiger partial charge in [-0.3, -0.25) is 4.98 Å². The van der Waals surface area contributed by atoms with E-state index in [0.29, 0.717) is 5.92 Å². The number of nitrogens with zero attached hydrogens (tertiary/aromatic N) is 4. The zero-order chi connectivity index (χ0) is 13.9. The molecule has 0 radical (unpaired) electrons. The van der Waals surface area contributed by atoms with E-state index in [-0.39, 0.29) is 0 Å². The summed E-state index contributed by atoms with van der Waals surface area (Å²) in [5.41, 5.74) is 1.29. The molecule has 0 N–H and O–H groups in total. The van der Waals surface area contributed by atoms with Gasteiger partial charge in [0, 0.05) is 38.0 Å². The zero-order valence-corrected chi connectivity index (χ0v) is 13.0. The number of rotatable bonds is 5. The molecule has 2 aromatic rings. The largest absolute Gasteiger partial charge is 0.359 e. The summed E-state index contributed by atoms with van der Waals surface area (Å²) < 4.78 is 0.875. The van der Waals surface area contributed by atoms with Crippen LogP contribution in [-0.2, 0) is 6.42 Å². The van der Waals surface area contributed by atoms with Crippen molar-refractivity contribution in [2.45, 2.75) is 25.2 Å². The molecule has 0 spiro atoms. The monoisotopic (exact) mass is 332 g/mol. The third-order valence-corrected chi connectivity index (χ3v) is 3.92. The summed E-state index contributed by atoms with van der Waals surface area (Å²) >= 11 is 3.49. The van der Waals surface area contributed by atoms with Crippen molar-refractivity contribution in [3.63, 3.8) is 0 Å². The third kappa shape index (κ3) is 3.33. The summed E-state index contributed by atoms with van der Waals surface area (Å²) in [4.78, 5) is 15.4. The van der Waals surface area contributed by atoms with Crippen molar-refractivity contribution in [3.8, 4) is 0 Å². The van der Waals surface area contributed by atoms with Crippen LogP contribution in [0.2, 0.25) is 0 Å². The zero-order valence-electron chi connectivity index (χ0n) is 11.5. The average molecular weight is 333 g/mol. The van der Waals surface area contributed by atoms with Gasteiger partial charge in [0.15, 0.2) is 0 Å². The minimum atomic E-state index is 0.569. The molecule has 104 valence electrons. The molecule has 2 aromatic heterocycles. The van der Waals surface area contributed by atoms with Gasteiger partial charge in [0.1, 0.15) is 16.2 Å². The van der Waals surface area contributed by atoms with E-state index in [1.165, 1.54) is 18.4 Å². The van der Waals surface area contributed by atoms with Crippen molar-refractivity contribution in [2.75, 3.05) is 18.5 Å². The quantitative estimate of drug-likeness (QED) is 0.788. The Morgan fingerprint density at radius 1 is 1.25 bits per heavy atom. The second kappa shape index (κ2) is 5.87. The van der Waals surface area contributed by atoms with E-state index in [0.717, 1.165) is 29.2 Å². The number of anilines is 1. The molecule has 20 heavy (non-hydrogen) atoms. The van der Waals surface area contributed by atoms with E-state index in [1.54, 1.807) is 0 Å². The molecule has 0 atom stereocenters. The third-order valence-electron chi connectivity index (χ3n) is 3.52. The molecule has 0 amide bonds. The number of hydrogen-bond acceptors (Lipinski definition) is 4. The molecule has 0 aromatic carbocycles. The van der Waals surface area contributed by atoms with E-state index in [1.807, 2.05) is 18.5 Å². The predicted molar refractivity (Wildman–Crippen MR) is 82.9 cm³/mol. The van der Waals surface area contributed by atoms with Gasteiger partial charge < -0.3 is 4.90 Å². The van der Waals surface area contributed by atoms with E-state index in [2.05, 4.69) is 55.0 Å². The fraction of sp³-hybridized carbons (Fsp3) is 0.400. The van der Waals surface area contributed by atoms with Crippen molar-refractivity contribution in [1.82, 2.24) is 15.0 Å². The van der Waals surface area contributed by atoms with Crippen LogP contribution in [0.15, 0.2) is 35.2 Å². The first kappa shape index (κ1) is 13.5. The van der Waals surface area contributed by atoms with Gasteiger partial charge in [0.2, 0.25) is 0 Å². The van der Waals surface area contributed by atoms with Crippen LogP contribution in [0.5, 0.6) is 0 Å². The Balaban J connectivity index is 1.68. The number of pyridine rings is 1. The van der Waals surface area contributed by atoms with Crippen LogP contribution in [0.25, 0.3) is 0 Å². The normalized spacial score (nSPS) is 14.3. The molecular weight excluding hydrogens is 316 g/mol. The lowest BCUT2D eigenvalue weighted by atomic mass is 10.2.